The van der Waals surface area contributed by atoms with E-state index in [2.05, 4.69) is 55.6 Å². The van der Waals surface area contributed by atoms with Crippen molar-refractivity contribution in [3.8, 4) is 23.2 Å². The van der Waals surface area contributed by atoms with Gasteiger partial charge in [-0.2, -0.15) is 0 Å². The summed E-state index contributed by atoms with van der Waals surface area (Å²) in [5.41, 5.74) is 4.82. The average Bonchev–Trinajstić information content (AvgIpc) is 3.57. The van der Waals surface area contributed by atoms with Gasteiger partial charge in [0.1, 0.15) is 12.2 Å². The lowest BCUT2D eigenvalue weighted by atomic mass is 10.2. The van der Waals surface area contributed by atoms with Crippen LogP contribution in [-0.4, -0.2) is 32.5 Å². The number of hydrogen-bond donors (Lipinski definition) is 3. The van der Waals surface area contributed by atoms with Gasteiger partial charge in [0.05, 0.1) is 32.2 Å². The normalized spacial score (nSPS) is 15.7. The van der Waals surface area contributed by atoms with Crippen molar-refractivity contribution in [3.05, 3.63) is 65.8 Å². The standard InChI is InChI=1S/C25H20N6S/c1-2-5-16(6-3-1)24-30-20-11-9-18(13-21(20)31-24)29-25-23-22(27-15-28-25)14-19(32-23)10-8-17-7-4-12-26-17/h1-3,5-6,9,11,13-15,17,26H,4,7,12H2,(H,30,31)(H,27,28,29)/t17-/m1/s1. The molecule has 1 aliphatic heterocycles. The summed E-state index contributed by atoms with van der Waals surface area (Å²) >= 11 is 1.62. The predicted molar refractivity (Wildman–Crippen MR) is 130 cm³/mol. The van der Waals surface area contributed by atoms with Crippen molar-refractivity contribution < 1.29 is 0 Å². The molecule has 6 rings (SSSR count). The molecule has 2 aromatic carbocycles. The molecule has 0 aliphatic carbocycles. The molecule has 1 aliphatic rings. The van der Waals surface area contributed by atoms with Crippen LogP contribution in [0.5, 0.6) is 0 Å². The molecular formula is C25H20N6S. The predicted octanol–water partition coefficient (Wildman–Crippen LogP) is 5.08. The Balaban J connectivity index is 1.30. The summed E-state index contributed by atoms with van der Waals surface area (Å²) in [6.07, 6.45) is 3.90. The van der Waals surface area contributed by atoms with Gasteiger partial charge in [-0.3, -0.25) is 0 Å². The Labute approximate surface area is 189 Å². The maximum atomic E-state index is 4.71. The van der Waals surface area contributed by atoms with Crippen LogP contribution in [-0.2, 0) is 0 Å². The molecule has 7 heteroatoms. The Bertz CT molecular complexity index is 1470. The monoisotopic (exact) mass is 436 g/mol. The van der Waals surface area contributed by atoms with Crippen molar-refractivity contribution in [3.63, 3.8) is 0 Å². The number of hydrogen-bond acceptors (Lipinski definition) is 6. The van der Waals surface area contributed by atoms with Crippen molar-refractivity contribution in [2.45, 2.75) is 18.9 Å². The molecule has 0 unspecified atom stereocenters. The number of rotatable bonds is 3. The summed E-state index contributed by atoms with van der Waals surface area (Å²) in [5.74, 6) is 8.29. The van der Waals surface area contributed by atoms with Crippen LogP contribution in [0.4, 0.5) is 11.5 Å². The third kappa shape index (κ3) is 3.71. The molecule has 0 spiro atoms. The lowest BCUT2D eigenvalue weighted by Gasteiger charge is -2.05. The van der Waals surface area contributed by atoms with Crippen LogP contribution >= 0.6 is 11.3 Å². The lowest BCUT2D eigenvalue weighted by Crippen LogP contribution is -2.18. The van der Waals surface area contributed by atoms with E-state index in [0.717, 1.165) is 62.0 Å². The number of nitrogens with zero attached hydrogens (tertiary/aromatic N) is 3. The molecule has 4 heterocycles. The minimum absolute atomic E-state index is 0.297. The van der Waals surface area contributed by atoms with E-state index in [1.165, 1.54) is 6.42 Å². The maximum Gasteiger partial charge on any atom is 0.151 e. The molecule has 156 valence electrons. The van der Waals surface area contributed by atoms with E-state index in [4.69, 9.17) is 4.98 Å². The fourth-order valence-corrected chi connectivity index (χ4v) is 4.84. The van der Waals surface area contributed by atoms with Gasteiger partial charge in [-0.05, 0) is 43.7 Å². The van der Waals surface area contributed by atoms with E-state index in [9.17, 15) is 0 Å². The molecule has 0 saturated carbocycles. The average molecular weight is 437 g/mol. The zero-order valence-electron chi connectivity index (χ0n) is 17.2. The Kier molecular flexibility index (Phi) is 4.79. The fraction of sp³-hybridized carbons (Fsp3) is 0.160. The van der Waals surface area contributed by atoms with Gasteiger partial charge in [0.2, 0.25) is 0 Å². The third-order valence-corrected chi connectivity index (χ3v) is 6.58. The van der Waals surface area contributed by atoms with Crippen LogP contribution in [0.15, 0.2) is 60.9 Å². The van der Waals surface area contributed by atoms with Gasteiger partial charge in [0.15, 0.2) is 5.82 Å². The highest BCUT2D eigenvalue weighted by atomic mass is 32.1. The van der Waals surface area contributed by atoms with Crippen LogP contribution in [0.3, 0.4) is 0 Å². The van der Waals surface area contributed by atoms with E-state index in [1.807, 2.05) is 36.4 Å². The second-order valence-electron chi connectivity index (χ2n) is 7.77. The first-order chi connectivity index (χ1) is 15.8. The van der Waals surface area contributed by atoms with Crippen molar-refractivity contribution >= 4 is 44.1 Å². The molecule has 0 radical (unpaired) electrons. The van der Waals surface area contributed by atoms with Crippen LogP contribution in [0.1, 0.15) is 17.7 Å². The minimum atomic E-state index is 0.297. The highest BCUT2D eigenvalue weighted by molar-refractivity contribution is 7.20. The number of aromatic amines is 1. The zero-order chi connectivity index (χ0) is 21.3. The topological polar surface area (TPSA) is 78.5 Å². The van der Waals surface area contributed by atoms with E-state index in [-0.39, 0.29) is 0 Å². The number of benzene rings is 2. The number of fused-ring (bicyclic) bond motifs is 2. The highest BCUT2D eigenvalue weighted by Gasteiger charge is 2.12. The summed E-state index contributed by atoms with van der Waals surface area (Å²) in [7, 11) is 0. The Morgan fingerprint density at radius 3 is 2.84 bits per heavy atom. The van der Waals surface area contributed by atoms with Crippen LogP contribution < -0.4 is 10.6 Å². The van der Waals surface area contributed by atoms with Crippen molar-refractivity contribution in [2.24, 2.45) is 0 Å². The third-order valence-electron chi connectivity index (χ3n) is 5.53. The second kappa shape index (κ2) is 8.08. The molecule has 1 atom stereocenters. The van der Waals surface area contributed by atoms with Crippen molar-refractivity contribution in [1.29, 1.82) is 0 Å². The van der Waals surface area contributed by atoms with E-state index in [1.54, 1.807) is 17.7 Å². The number of nitrogens with one attached hydrogen (secondary N) is 3. The van der Waals surface area contributed by atoms with Gasteiger partial charge in [0.25, 0.3) is 0 Å². The highest BCUT2D eigenvalue weighted by Crippen LogP contribution is 2.31. The number of thiophene rings is 1. The van der Waals surface area contributed by atoms with Crippen LogP contribution in [0, 0.1) is 11.8 Å². The van der Waals surface area contributed by atoms with E-state index < -0.39 is 0 Å². The van der Waals surface area contributed by atoms with Crippen LogP contribution in [0.2, 0.25) is 0 Å². The first-order valence-corrected chi connectivity index (χ1v) is 11.5. The number of anilines is 2. The quantitative estimate of drug-likeness (QED) is 0.344. The first kappa shape index (κ1) is 19.0. The molecule has 0 bridgehead atoms. The second-order valence-corrected chi connectivity index (χ2v) is 8.83. The molecule has 32 heavy (non-hydrogen) atoms. The van der Waals surface area contributed by atoms with Gasteiger partial charge in [0, 0.05) is 11.3 Å². The SMILES string of the molecule is C(#C[C@H]1CCCN1)c1cc2ncnc(Nc3ccc4nc(-c5ccccc5)[nH]c4c3)c2s1. The zero-order valence-corrected chi connectivity index (χ0v) is 18.0. The number of imidazole rings is 1. The number of H-pyrrole nitrogens is 1. The largest absolute Gasteiger partial charge is 0.339 e. The fourth-order valence-electron chi connectivity index (χ4n) is 3.93. The van der Waals surface area contributed by atoms with Gasteiger partial charge in [-0.25, -0.2) is 15.0 Å². The summed E-state index contributed by atoms with van der Waals surface area (Å²) in [6.45, 7) is 1.05. The molecule has 1 fully saturated rings. The van der Waals surface area contributed by atoms with Crippen molar-refractivity contribution in [1.82, 2.24) is 25.3 Å². The lowest BCUT2D eigenvalue weighted by molar-refractivity contribution is 0.749. The Hall–Kier alpha value is -3.73. The molecular weight excluding hydrogens is 416 g/mol. The first-order valence-electron chi connectivity index (χ1n) is 10.6. The Morgan fingerprint density at radius 2 is 1.97 bits per heavy atom. The van der Waals surface area contributed by atoms with Crippen LogP contribution in [0.25, 0.3) is 32.6 Å². The summed E-state index contributed by atoms with van der Waals surface area (Å²) in [4.78, 5) is 18.1. The molecule has 3 N–H and O–H groups in total. The summed E-state index contributed by atoms with van der Waals surface area (Å²) in [6, 6.07) is 18.6. The van der Waals surface area contributed by atoms with Gasteiger partial charge >= 0.3 is 0 Å². The maximum absolute atomic E-state index is 4.71. The van der Waals surface area contributed by atoms with Gasteiger partial charge in [-0.15, -0.1) is 11.3 Å². The van der Waals surface area contributed by atoms with Gasteiger partial charge < -0.3 is 15.6 Å². The van der Waals surface area contributed by atoms with Crippen molar-refractivity contribution in [2.75, 3.05) is 11.9 Å². The molecule has 6 nitrogen and oxygen atoms in total. The van der Waals surface area contributed by atoms with E-state index >= 15 is 0 Å². The summed E-state index contributed by atoms with van der Waals surface area (Å²) in [5, 5.41) is 6.86. The number of aromatic nitrogens is 4. The Morgan fingerprint density at radius 1 is 1.03 bits per heavy atom. The minimum Gasteiger partial charge on any atom is -0.339 e. The molecule has 0 amide bonds. The molecule has 1 saturated heterocycles. The molecule has 3 aromatic heterocycles. The van der Waals surface area contributed by atoms with E-state index in [0.29, 0.717) is 6.04 Å². The molecule has 5 aromatic rings. The van der Waals surface area contributed by atoms with Gasteiger partial charge in [-0.1, -0.05) is 42.2 Å². The summed E-state index contributed by atoms with van der Waals surface area (Å²) < 4.78 is 1.01. The smallest absolute Gasteiger partial charge is 0.151 e.